The molecule has 2 heteroatoms. The lowest BCUT2D eigenvalue weighted by Gasteiger charge is -2.16. The summed E-state index contributed by atoms with van der Waals surface area (Å²) < 4.78 is 0. The van der Waals surface area contributed by atoms with E-state index in [0.717, 1.165) is 5.56 Å². The van der Waals surface area contributed by atoms with E-state index in [1.807, 2.05) is 31.2 Å². The normalized spacial score (nSPS) is 12.1. The minimum Gasteiger partial charge on any atom is -0.346 e. The number of hydrogen-bond acceptors (Lipinski definition) is 1. The molecule has 0 saturated carbocycles. The Labute approximate surface area is 107 Å². The van der Waals surface area contributed by atoms with Crippen LogP contribution in [0, 0.1) is 0 Å². The molecule has 0 fully saturated rings. The van der Waals surface area contributed by atoms with E-state index in [-0.39, 0.29) is 11.9 Å². The topological polar surface area (TPSA) is 29.1 Å². The summed E-state index contributed by atoms with van der Waals surface area (Å²) >= 11 is 0. The van der Waals surface area contributed by atoms with E-state index in [1.165, 1.54) is 10.8 Å². The third-order valence-corrected chi connectivity index (χ3v) is 3.03. The highest BCUT2D eigenvalue weighted by molar-refractivity contribution is 5.93. The van der Waals surface area contributed by atoms with Crippen LogP contribution in [-0.2, 0) is 4.79 Å². The highest BCUT2D eigenvalue weighted by Gasteiger charge is 2.12. The number of rotatable bonds is 3. The second-order valence-corrected chi connectivity index (χ2v) is 4.54. The number of carbonyl (C=O) groups is 1. The first kappa shape index (κ1) is 12.4. The Kier molecular flexibility index (Phi) is 3.47. The van der Waals surface area contributed by atoms with Crippen LogP contribution < -0.4 is 5.32 Å². The SMILES string of the molecule is C=C(C)C(=O)N[C@H](C)c1cccc2ccccc12. The van der Waals surface area contributed by atoms with Gasteiger partial charge in [-0.3, -0.25) is 4.79 Å². The minimum absolute atomic E-state index is 0.0275. The van der Waals surface area contributed by atoms with Gasteiger partial charge in [0.1, 0.15) is 0 Å². The van der Waals surface area contributed by atoms with Crippen molar-refractivity contribution in [1.82, 2.24) is 5.32 Å². The lowest BCUT2D eigenvalue weighted by atomic mass is 9.99. The lowest BCUT2D eigenvalue weighted by Crippen LogP contribution is -2.27. The van der Waals surface area contributed by atoms with Crippen molar-refractivity contribution < 1.29 is 4.79 Å². The second-order valence-electron chi connectivity index (χ2n) is 4.54. The molecule has 0 heterocycles. The Morgan fingerprint density at radius 3 is 2.56 bits per heavy atom. The molecule has 2 aromatic carbocycles. The summed E-state index contributed by atoms with van der Waals surface area (Å²) in [6.07, 6.45) is 0. The fraction of sp³-hybridized carbons (Fsp3) is 0.188. The quantitative estimate of drug-likeness (QED) is 0.815. The Morgan fingerprint density at radius 1 is 1.17 bits per heavy atom. The molecule has 92 valence electrons. The van der Waals surface area contributed by atoms with E-state index in [2.05, 4.69) is 30.1 Å². The highest BCUT2D eigenvalue weighted by atomic mass is 16.1. The molecule has 18 heavy (non-hydrogen) atoms. The number of fused-ring (bicyclic) bond motifs is 1. The minimum atomic E-state index is -0.101. The summed E-state index contributed by atoms with van der Waals surface area (Å²) in [6.45, 7) is 7.35. The molecule has 0 aliphatic carbocycles. The van der Waals surface area contributed by atoms with Crippen molar-refractivity contribution in [3.63, 3.8) is 0 Å². The van der Waals surface area contributed by atoms with Crippen LogP contribution in [0.1, 0.15) is 25.5 Å². The molecule has 0 aliphatic rings. The van der Waals surface area contributed by atoms with E-state index < -0.39 is 0 Å². The standard InChI is InChI=1S/C16H17NO/c1-11(2)16(18)17-12(3)14-10-6-8-13-7-4-5-9-15(13)14/h4-10,12H,1H2,2-3H3,(H,17,18)/t12-/m1/s1. The van der Waals surface area contributed by atoms with Gasteiger partial charge in [-0.2, -0.15) is 0 Å². The number of nitrogens with one attached hydrogen (secondary N) is 1. The largest absolute Gasteiger partial charge is 0.346 e. The molecule has 0 spiro atoms. The van der Waals surface area contributed by atoms with Crippen molar-refractivity contribution in [1.29, 1.82) is 0 Å². The Balaban J connectivity index is 2.36. The van der Waals surface area contributed by atoms with Gasteiger partial charge in [0.05, 0.1) is 6.04 Å². The van der Waals surface area contributed by atoms with Gasteiger partial charge in [0, 0.05) is 5.57 Å². The van der Waals surface area contributed by atoms with E-state index in [9.17, 15) is 4.79 Å². The molecular formula is C16H17NO. The maximum Gasteiger partial charge on any atom is 0.246 e. The van der Waals surface area contributed by atoms with Crippen molar-refractivity contribution in [2.24, 2.45) is 0 Å². The summed E-state index contributed by atoms with van der Waals surface area (Å²) in [5.74, 6) is -0.101. The zero-order valence-electron chi connectivity index (χ0n) is 10.7. The van der Waals surface area contributed by atoms with Gasteiger partial charge in [-0.1, -0.05) is 49.0 Å². The van der Waals surface area contributed by atoms with Crippen LogP contribution in [0.4, 0.5) is 0 Å². The summed E-state index contributed by atoms with van der Waals surface area (Å²) in [7, 11) is 0. The van der Waals surface area contributed by atoms with E-state index >= 15 is 0 Å². The Hall–Kier alpha value is -2.09. The first-order valence-electron chi connectivity index (χ1n) is 6.03. The van der Waals surface area contributed by atoms with Crippen LogP contribution in [0.2, 0.25) is 0 Å². The van der Waals surface area contributed by atoms with Crippen molar-refractivity contribution in [3.8, 4) is 0 Å². The van der Waals surface area contributed by atoms with Gasteiger partial charge in [-0.05, 0) is 30.2 Å². The molecule has 1 amide bonds. The molecule has 0 radical (unpaired) electrons. The summed E-state index contributed by atoms with van der Waals surface area (Å²) in [5, 5.41) is 5.31. The van der Waals surface area contributed by atoms with Crippen LogP contribution in [-0.4, -0.2) is 5.91 Å². The first-order chi connectivity index (χ1) is 8.59. The van der Waals surface area contributed by atoms with E-state index in [1.54, 1.807) is 6.92 Å². The van der Waals surface area contributed by atoms with Gasteiger partial charge >= 0.3 is 0 Å². The Morgan fingerprint density at radius 2 is 1.83 bits per heavy atom. The van der Waals surface area contributed by atoms with Gasteiger partial charge in [-0.15, -0.1) is 0 Å². The first-order valence-corrected chi connectivity index (χ1v) is 6.03. The molecule has 2 nitrogen and oxygen atoms in total. The highest BCUT2D eigenvalue weighted by Crippen LogP contribution is 2.24. The zero-order valence-corrected chi connectivity index (χ0v) is 10.7. The van der Waals surface area contributed by atoms with E-state index in [4.69, 9.17) is 0 Å². The number of amides is 1. The third-order valence-electron chi connectivity index (χ3n) is 3.03. The van der Waals surface area contributed by atoms with Crippen LogP contribution in [0.3, 0.4) is 0 Å². The van der Waals surface area contributed by atoms with Crippen LogP contribution in [0.25, 0.3) is 10.8 Å². The summed E-state index contributed by atoms with van der Waals surface area (Å²) in [4.78, 5) is 11.7. The summed E-state index contributed by atoms with van der Waals surface area (Å²) in [6, 6.07) is 14.3. The molecule has 1 N–H and O–H groups in total. The van der Waals surface area contributed by atoms with Crippen molar-refractivity contribution in [2.75, 3.05) is 0 Å². The van der Waals surface area contributed by atoms with Gasteiger partial charge in [-0.25, -0.2) is 0 Å². The molecule has 0 aromatic heterocycles. The lowest BCUT2D eigenvalue weighted by molar-refractivity contribution is -0.118. The molecular weight excluding hydrogens is 222 g/mol. The second kappa shape index (κ2) is 5.05. The van der Waals surface area contributed by atoms with Crippen molar-refractivity contribution in [3.05, 3.63) is 60.2 Å². The Bertz CT molecular complexity index is 596. The number of hydrogen-bond donors (Lipinski definition) is 1. The molecule has 2 rings (SSSR count). The van der Waals surface area contributed by atoms with Crippen LogP contribution in [0.15, 0.2) is 54.6 Å². The maximum absolute atomic E-state index is 11.7. The van der Waals surface area contributed by atoms with Gasteiger partial charge in [0.2, 0.25) is 5.91 Å². The number of benzene rings is 2. The average molecular weight is 239 g/mol. The molecule has 2 aromatic rings. The molecule has 0 unspecified atom stereocenters. The van der Waals surface area contributed by atoms with Crippen molar-refractivity contribution >= 4 is 16.7 Å². The predicted molar refractivity (Wildman–Crippen MR) is 75.3 cm³/mol. The van der Waals surface area contributed by atoms with Crippen molar-refractivity contribution in [2.45, 2.75) is 19.9 Å². The maximum atomic E-state index is 11.7. The predicted octanol–water partition coefficient (Wildman–Crippen LogP) is 3.59. The monoisotopic (exact) mass is 239 g/mol. The smallest absolute Gasteiger partial charge is 0.246 e. The van der Waals surface area contributed by atoms with Crippen LogP contribution in [0.5, 0.6) is 0 Å². The van der Waals surface area contributed by atoms with Gasteiger partial charge < -0.3 is 5.32 Å². The molecule has 0 bridgehead atoms. The molecule has 1 atom stereocenters. The van der Waals surface area contributed by atoms with Gasteiger partial charge in [0.25, 0.3) is 0 Å². The average Bonchev–Trinajstić information content (AvgIpc) is 2.37. The fourth-order valence-electron chi connectivity index (χ4n) is 2.03. The van der Waals surface area contributed by atoms with Gasteiger partial charge in [0.15, 0.2) is 0 Å². The molecule has 0 aliphatic heterocycles. The summed E-state index contributed by atoms with van der Waals surface area (Å²) in [5.41, 5.74) is 1.66. The zero-order chi connectivity index (χ0) is 13.1. The van der Waals surface area contributed by atoms with E-state index in [0.29, 0.717) is 5.57 Å². The number of carbonyl (C=O) groups excluding carboxylic acids is 1. The van der Waals surface area contributed by atoms with Crippen LogP contribution >= 0.6 is 0 Å². The fourth-order valence-corrected chi connectivity index (χ4v) is 2.03. The third kappa shape index (κ3) is 2.43. The molecule has 0 saturated heterocycles.